The summed E-state index contributed by atoms with van der Waals surface area (Å²) in [5, 5.41) is 3.41. The summed E-state index contributed by atoms with van der Waals surface area (Å²) >= 11 is 0. The summed E-state index contributed by atoms with van der Waals surface area (Å²) in [4.78, 5) is 16.7. The highest BCUT2D eigenvalue weighted by molar-refractivity contribution is 5.85. The molecule has 0 aliphatic carbocycles. The van der Waals surface area contributed by atoms with Crippen molar-refractivity contribution in [2.75, 3.05) is 25.9 Å². The molecule has 1 aliphatic heterocycles. The van der Waals surface area contributed by atoms with E-state index in [1.54, 1.807) is 6.20 Å². The fraction of sp³-hybridized carbons (Fsp3) is 0.281. The molecule has 39 heavy (non-hydrogen) atoms. The number of hydrogen-bond donors (Lipinski definition) is 2. The highest BCUT2D eigenvalue weighted by Gasteiger charge is 2.20. The molecule has 1 saturated heterocycles. The van der Waals surface area contributed by atoms with Crippen molar-refractivity contribution in [1.82, 2.24) is 29.7 Å². The maximum atomic E-state index is 6.30. The first-order valence-corrected chi connectivity index (χ1v) is 13.8. The molecule has 0 atom stereocenters. The van der Waals surface area contributed by atoms with Crippen LogP contribution in [0.1, 0.15) is 32.3 Å². The van der Waals surface area contributed by atoms with Gasteiger partial charge in [0.25, 0.3) is 0 Å². The molecule has 0 radical (unpaired) electrons. The molecule has 3 N–H and O–H groups in total. The number of nitrogens with two attached hydrogens (primary N) is 1. The average Bonchev–Trinajstić information content (AvgIpc) is 3.38. The molecule has 2 aromatic carbocycles. The molecule has 0 saturated carbocycles. The molecule has 0 spiro atoms. The van der Waals surface area contributed by atoms with Gasteiger partial charge >= 0.3 is 0 Å². The first-order valence-electron chi connectivity index (χ1n) is 13.8. The Kier molecular flexibility index (Phi) is 8.30. The Morgan fingerprint density at radius 3 is 2.33 bits per heavy atom. The van der Waals surface area contributed by atoms with E-state index in [1.807, 2.05) is 50.4 Å². The molecule has 200 valence electrons. The predicted molar refractivity (Wildman–Crippen MR) is 161 cm³/mol. The third-order valence-corrected chi connectivity index (χ3v) is 7.28. The summed E-state index contributed by atoms with van der Waals surface area (Å²) in [6.07, 6.45) is 6.01. The van der Waals surface area contributed by atoms with E-state index in [0.29, 0.717) is 11.9 Å². The van der Waals surface area contributed by atoms with E-state index in [0.717, 1.165) is 59.0 Å². The number of fused-ring (bicyclic) bond motifs is 1. The van der Waals surface area contributed by atoms with Crippen LogP contribution in [0.15, 0.2) is 85.2 Å². The van der Waals surface area contributed by atoms with Gasteiger partial charge in [0.05, 0.1) is 5.56 Å². The van der Waals surface area contributed by atoms with Crippen LogP contribution in [0, 0.1) is 0 Å². The van der Waals surface area contributed by atoms with Gasteiger partial charge in [-0.3, -0.25) is 9.47 Å². The normalized spacial score (nSPS) is 14.2. The van der Waals surface area contributed by atoms with Gasteiger partial charge in [-0.15, -0.1) is 0 Å². The highest BCUT2D eigenvalue weighted by Crippen LogP contribution is 2.32. The Morgan fingerprint density at radius 2 is 1.64 bits per heavy atom. The molecule has 5 aromatic rings. The quantitative estimate of drug-likeness (QED) is 0.289. The van der Waals surface area contributed by atoms with Crippen LogP contribution in [-0.2, 0) is 6.54 Å². The maximum Gasteiger partial charge on any atom is 0.164 e. The molecule has 0 bridgehead atoms. The van der Waals surface area contributed by atoms with Crippen molar-refractivity contribution in [2.45, 2.75) is 39.3 Å². The molecule has 3 aromatic heterocycles. The fourth-order valence-electron chi connectivity index (χ4n) is 5.17. The zero-order valence-electron chi connectivity index (χ0n) is 23.0. The number of pyridine rings is 2. The SMILES string of the molecule is CC.CNC1CCN(Cc2ccc(-n3c(-c4cccnc4N)nc4cc(-c5ccccc5)cnc43)cc2)CC1. The molecular formula is C32H37N7. The number of benzene rings is 2. The second kappa shape index (κ2) is 12.2. The van der Waals surface area contributed by atoms with Gasteiger partial charge in [0.1, 0.15) is 11.3 Å². The molecule has 1 aliphatic rings. The van der Waals surface area contributed by atoms with Crippen molar-refractivity contribution in [3.8, 4) is 28.2 Å². The first kappa shape index (κ1) is 26.5. The number of rotatable bonds is 6. The monoisotopic (exact) mass is 519 g/mol. The van der Waals surface area contributed by atoms with Crippen LogP contribution in [0.25, 0.3) is 39.4 Å². The van der Waals surface area contributed by atoms with Gasteiger partial charge in [0.2, 0.25) is 0 Å². The Labute approximate surface area is 230 Å². The standard InChI is InChI=1S/C30H31N7.C2H6/c1-32-24-13-16-36(17-14-24)20-21-9-11-25(12-10-21)37-29(26-8-5-15-33-28(26)31)35-27-18-23(19-34-30(27)37)22-6-3-2-4-7-22;1-2/h2-12,15,18-19,24,32H,13-14,16-17,20H2,1H3,(H2,31,33);1-2H3. The lowest BCUT2D eigenvalue weighted by Gasteiger charge is -2.31. The van der Waals surface area contributed by atoms with Gasteiger partial charge in [-0.1, -0.05) is 56.3 Å². The van der Waals surface area contributed by atoms with Crippen LogP contribution in [-0.4, -0.2) is 50.6 Å². The molecule has 0 unspecified atom stereocenters. The number of nitrogen functional groups attached to an aromatic ring is 1. The Hall–Kier alpha value is -4.07. The van der Waals surface area contributed by atoms with Crippen molar-refractivity contribution in [1.29, 1.82) is 0 Å². The highest BCUT2D eigenvalue weighted by atomic mass is 15.1. The number of nitrogens with zero attached hydrogens (tertiary/aromatic N) is 5. The van der Waals surface area contributed by atoms with E-state index in [2.05, 4.69) is 69.3 Å². The topological polar surface area (TPSA) is 84.9 Å². The lowest BCUT2D eigenvalue weighted by atomic mass is 10.0. The minimum atomic E-state index is 0.448. The number of anilines is 1. The summed E-state index contributed by atoms with van der Waals surface area (Å²) in [5.74, 6) is 1.18. The number of nitrogens with one attached hydrogen (secondary N) is 1. The molecule has 0 amide bonds. The van der Waals surface area contributed by atoms with E-state index in [1.165, 1.54) is 18.4 Å². The second-order valence-electron chi connectivity index (χ2n) is 9.65. The minimum absolute atomic E-state index is 0.448. The van der Waals surface area contributed by atoms with Crippen LogP contribution >= 0.6 is 0 Å². The van der Waals surface area contributed by atoms with Crippen molar-refractivity contribution in [2.24, 2.45) is 0 Å². The molecule has 7 heteroatoms. The first-order chi connectivity index (χ1) is 19.2. The lowest BCUT2D eigenvalue weighted by Crippen LogP contribution is -2.40. The number of imidazole rings is 1. The van der Waals surface area contributed by atoms with E-state index in [-0.39, 0.29) is 0 Å². The van der Waals surface area contributed by atoms with Crippen molar-refractivity contribution in [3.63, 3.8) is 0 Å². The average molecular weight is 520 g/mol. The third kappa shape index (κ3) is 5.70. The van der Waals surface area contributed by atoms with E-state index in [4.69, 9.17) is 15.7 Å². The Balaban J connectivity index is 0.00000151. The van der Waals surface area contributed by atoms with Crippen molar-refractivity contribution < 1.29 is 0 Å². The molecule has 4 heterocycles. The lowest BCUT2D eigenvalue weighted by molar-refractivity contribution is 0.194. The maximum absolute atomic E-state index is 6.30. The molecule has 7 nitrogen and oxygen atoms in total. The van der Waals surface area contributed by atoms with Gasteiger partial charge in [-0.05, 0) is 74.4 Å². The van der Waals surface area contributed by atoms with Gasteiger partial charge in [0.15, 0.2) is 11.5 Å². The van der Waals surface area contributed by atoms with E-state index in [9.17, 15) is 0 Å². The fourth-order valence-corrected chi connectivity index (χ4v) is 5.17. The van der Waals surface area contributed by atoms with Gasteiger partial charge < -0.3 is 11.1 Å². The summed E-state index contributed by atoms with van der Waals surface area (Å²) in [6.45, 7) is 7.21. The molecular weight excluding hydrogens is 482 g/mol. The van der Waals surface area contributed by atoms with E-state index >= 15 is 0 Å². The number of likely N-dealkylation sites (tertiary alicyclic amines) is 1. The van der Waals surface area contributed by atoms with E-state index < -0.39 is 0 Å². The summed E-state index contributed by atoms with van der Waals surface area (Å²) < 4.78 is 2.08. The number of hydrogen-bond acceptors (Lipinski definition) is 6. The van der Waals surface area contributed by atoms with Crippen LogP contribution in [0.2, 0.25) is 0 Å². The van der Waals surface area contributed by atoms with Crippen molar-refractivity contribution in [3.05, 3.63) is 90.8 Å². The Morgan fingerprint density at radius 1 is 0.897 bits per heavy atom. The van der Waals surface area contributed by atoms with Crippen molar-refractivity contribution >= 4 is 17.0 Å². The number of piperidine rings is 1. The second-order valence-corrected chi connectivity index (χ2v) is 9.65. The van der Waals surface area contributed by atoms with Gasteiger partial charge in [-0.2, -0.15) is 0 Å². The summed E-state index contributed by atoms with van der Waals surface area (Å²) in [5.41, 5.74) is 13.1. The zero-order valence-corrected chi connectivity index (χ0v) is 23.0. The molecule has 1 fully saturated rings. The number of aromatic nitrogens is 4. The van der Waals surface area contributed by atoms with Gasteiger partial charge in [0, 0.05) is 36.2 Å². The van der Waals surface area contributed by atoms with Crippen LogP contribution < -0.4 is 11.1 Å². The largest absolute Gasteiger partial charge is 0.383 e. The molecule has 6 rings (SSSR count). The van der Waals surface area contributed by atoms with Crippen LogP contribution in [0.5, 0.6) is 0 Å². The van der Waals surface area contributed by atoms with Crippen LogP contribution in [0.4, 0.5) is 5.82 Å². The van der Waals surface area contributed by atoms with Crippen LogP contribution in [0.3, 0.4) is 0 Å². The third-order valence-electron chi connectivity index (χ3n) is 7.28. The Bertz CT molecular complexity index is 1500. The van der Waals surface area contributed by atoms with Gasteiger partial charge in [-0.25, -0.2) is 15.0 Å². The summed E-state index contributed by atoms with van der Waals surface area (Å²) in [7, 11) is 2.06. The predicted octanol–water partition coefficient (Wildman–Crippen LogP) is 5.94. The zero-order chi connectivity index (χ0) is 27.2. The smallest absolute Gasteiger partial charge is 0.164 e. The minimum Gasteiger partial charge on any atom is -0.383 e. The summed E-state index contributed by atoms with van der Waals surface area (Å²) in [6, 6.07) is 25.5.